The molecule has 40 heavy (non-hydrogen) atoms. The number of hydrogen-bond donors (Lipinski definition) is 5. The van der Waals surface area contributed by atoms with Gasteiger partial charge in [0.05, 0.1) is 40.1 Å². The number of benzene rings is 2. The number of carbonyl (C=O) groups is 2. The van der Waals surface area contributed by atoms with E-state index in [9.17, 15) is 19.7 Å². The number of nitro groups is 1. The van der Waals surface area contributed by atoms with Crippen LogP contribution in [0.1, 0.15) is 25.7 Å². The zero-order valence-electron chi connectivity index (χ0n) is 22.0. The van der Waals surface area contributed by atoms with Crippen LogP contribution in [-0.4, -0.2) is 85.7 Å². The number of nitrogens with two attached hydrogens (primary N) is 1. The summed E-state index contributed by atoms with van der Waals surface area (Å²) in [5, 5.41) is 16.7. The van der Waals surface area contributed by atoms with Gasteiger partial charge in [0, 0.05) is 44.0 Å². The van der Waals surface area contributed by atoms with E-state index in [0.717, 1.165) is 62.9 Å². The number of fused-ring (bicyclic) bond motifs is 2. The fourth-order valence-corrected chi connectivity index (χ4v) is 4.78. The minimum atomic E-state index is -0.454. The smallest absolute Gasteiger partial charge is 0.271 e. The van der Waals surface area contributed by atoms with E-state index in [-0.39, 0.29) is 30.6 Å². The standard InChI is InChI=1S/C13H15N5O3.C13H17N5O/c19-12(17-5-1-2-6-17)8-14-13-15-10-4-3-9(18(20)21)7-11(10)16-13;14-9-3-4-10-11(7-9)17-13(16-10)15-8-12(19)18-5-1-2-6-18/h3-4,7H,1-2,5-6,8H2,(H2,14,15,16);3-4,7H,1-2,5-6,8,14H2,(H2,15,16,17). The highest BCUT2D eigenvalue weighted by molar-refractivity contribution is 5.84. The van der Waals surface area contributed by atoms with Crippen LogP contribution in [0.4, 0.5) is 23.3 Å². The highest BCUT2D eigenvalue weighted by Crippen LogP contribution is 2.21. The van der Waals surface area contributed by atoms with Crippen LogP contribution in [0, 0.1) is 10.1 Å². The molecule has 210 valence electrons. The van der Waals surface area contributed by atoms with Gasteiger partial charge in [-0.05, 0) is 49.9 Å². The van der Waals surface area contributed by atoms with E-state index in [1.165, 1.54) is 12.1 Å². The Morgan fingerprint density at radius 3 is 1.80 bits per heavy atom. The van der Waals surface area contributed by atoms with Gasteiger partial charge in [0.2, 0.25) is 23.7 Å². The number of carbonyl (C=O) groups excluding carboxylic acids is 2. The van der Waals surface area contributed by atoms with Crippen molar-refractivity contribution in [3.8, 4) is 0 Å². The molecule has 0 aliphatic carbocycles. The maximum atomic E-state index is 11.9. The molecule has 2 aliphatic rings. The van der Waals surface area contributed by atoms with E-state index < -0.39 is 4.92 Å². The number of hydrogen-bond acceptors (Lipinski definition) is 9. The molecular formula is C26H32N10O4. The Morgan fingerprint density at radius 2 is 1.30 bits per heavy atom. The fraction of sp³-hybridized carbons (Fsp3) is 0.385. The van der Waals surface area contributed by atoms with Gasteiger partial charge in [-0.3, -0.25) is 19.7 Å². The molecule has 4 aromatic rings. The molecule has 4 heterocycles. The monoisotopic (exact) mass is 548 g/mol. The van der Waals surface area contributed by atoms with Gasteiger partial charge >= 0.3 is 0 Å². The van der Waals surface area contributed by atoms with Crippen molar-refractivity contribution in [2.75, 3.05) is 55.6 Å². The molecule has 2 aromatic carbocycles. The van der Waals surface area contributed by atoms with E-state index >= 15 is 0 Å². The van der Waals surface area contributed by atoms with Crippen LogP contribution in [0.3, 0.4) is 0 Å². The molecule has 0 spiro atoms. The number of nitro benzene ring substituents is 1. The summed E-state index contributed by atoms with van der Waals surface area (Å²) in [7, 11) is 0. The summed E-state index contributed by atoms with van der Waals surface area (Å²) >= 11 is 0. The van der Waals surface area contributed by atoms with Crippen LogP contribution >= 0.6 is 0 Å². The first-order chi connectivity index (χ1) is 19.4. The number of anilines is 3. The molecule has 0 unspecified atom stereocenters. The molecule has 14 heteroatoms. The van der Waals surface area contributed by atoms with Gasteiger partial charge in [-0.15, -0.1) is 0 Å². The number of nitrogens with zero attached hydrogens (tertiary/aromatic N) is 5. The Hall–Kier alpha value is -4.88. The first kappa shape index (κ1) is 26.7. The summed E-state index contributed by atoms with van der Waals surface area (Å²) < 4.78 is 0. The number of nitrogens with one attached hydrogen (secondary N) is 4. The Balaban J connectivity index is 0.000000162. The summed E-state index contributed by atoms with van der Waals surface area (Å²) in [5.74, 6) is 1.21. The molecule has 2 amide bonds. The summed E-state index contributed by atoms with van der Waals surface area (Å²) in [6, 6.07) is 9.91. The number of rotatable bonds is 7. The number of nitrogen functional groups attached to an aromatic ring is 1. The predicted molar refractivity (Wildman–Crippen MR) is 152 cm³/mol. The third-order valence-electron chi connectivity index (χ3n) is 6.91. The molecule has 0 bridgehead atoms. The number of non-ortho nitro benzene ring substituents is 1. The third-order valence-corrected chi connectivity index (χ3v) is 6.91. The van der Waals surface area contributed by atoms with Crippen molar-refractivity contribution < 1.29 is 14.5 Å². The average molecular weight is 549 g/mol. The third kappa shape index (κ3) is 6.39. The molecule has 14 nitrogen and oxygen atoms in total. The minimum Gasteiger partial charge on any atom is -0.399 e. The van der Waals surface area contributed by atoms with E-state index in [1.807, 2.05) is 28.0 Å². The molecule has 2 saturated heterocycles. The first-order valence-corrected chi connectivity index (χ1v) is 13.3. The average Bonchev–Trinajstić information content (AvgIpc) is 3.76. The van der Waals surface area contributed by atoms with Crippen LogP contribution in [-0.2, 0) is 9.59 Å². The second kappa shape index (κ2) is 11.9. The van der Waals surface area contributed by atoms with Gasteiger partial charge in [-0.25, -0.2) is 9.97 Å². The second-order valence-corrected chi connectivity index (χ2v) is 9.79. The zero-order chi connectivity index (χ0) is 28.1. The van der Waals surface area contributed by atoms with Crippen molar-refractivity contribution in [1.82, 2.24) is 29.7 Å². The van der Waals surface area contributed by atoms with Crippen molar-refractivity contribution in [2.45, 2.75) is 25.7 Å². The van der Waals surface area contributed by atoms with Crippen molar-refractivity contribution in [1.29, 1.82) is 0 Å². The molecule has 6 N–H and O–H groups in total. The number of aromatic amines is 2. The lowest BCUT2D eigenvalue weighted by Crippen LogP contribution is -2.33. The number of aromatic nitrogens is 4. The van der Waals surface area contributed by atoms with Crippen LogP contribution in [0.15, 0.2) is 36.4 Å². The number of likely N-dealkylation sites (tertiary alicyclic amines) is 2. The molecular weight excluding hydrogens is 516 g/mol. The molecule has 6 rings (SSSR count). The molecule has 2 fully saturated rings. The second-order valence-electron chi connectivity index (χ2n) is 9.79. The van der Waals surface area contributed by atoms with Crippen molar-refractivity contribution >= 4 is 57.2 Å². The minimum absolute atomic E-state index is 0.00541. The van der Waals surface area contributed by atoms with E-state index in [0.29, 0.717) is 28.6 Å². The summed E-state index contributed by atoms with van der Waals surface area (Å²) in [6.07, 6.45) is 4.32. The van der Waals surface area contributed by atoms with Crippen LogP contribution in [0.25, 0.3) is 22.1 Å². The lowest BCUT2D eigenvalue weighted by atomic mass is 10.3. The maximum absolute atomic E-state index is 11.9. The Morgan fingerprint density at radius 1 is 0.825 bits per heavy atom. The maximum Gasteiger partial charge on any atom is 0.271 e. The van der Waals surface area contributed by atoms with Gasteiger partial charge in [-0.1, -0.05) is 0 Å². The quantitative estimate of drug-likeness (QED) is 0.131. The van der Waals surface area contributed by atoms with E-state index in [4.69, 9.17) is 5.73 Å². The van der Waals surface area contributed by atoms with Crippen LogP contribution in [0.2, 0.25) is 0 Å². The Bertz CT molecular complexity index is 1520. The molecule has 0 saturated carbocycles. The number of H-pyrrole nitrogens is 2. The SMILES string of the molecule is Nc1ccc2nc(NCC(=O)N3CCCC3)[nH]c2c1.O=C(CNc1nc2ccc([N+](=O)[O-])cc2[nH]1)N1CCCC1. The molecule has 2 aromatic heterocycles. The van der Waals surface area contributed by atoms with Gasteiger partial charge < -0.3 is 36.1 Å². The lowest BCUT2D eigenvalue weighted by Gasteiger charge is -2.14. The number of amides is 2. The molecule has 0 atom stereocenters. The normalized spacial score (nSPS) is 14.8. The lowest BCUT2D eigenvalue weighted by molar-refractivity contribution is -0.384. The van der Waals surface area contributed by atoms with E-state index in [1.54, 1.807) is 6.07 Å². The molecule has 2 aliphatic heterocycles. The zero-order valence-corrected chi connectivity index (χ0v) is 22.0. The summed E-state index contributed by atoms with van der Waals surface area (Å²) in [6.45, 7) is 3.81. The van der Waals surface area contributed by atoms with Crippen molar-refractivity contribution in [3.63, 3.8) is 0 Å². The van der Waals surface area contributed by atoms with Gasteiger partial charge in [0.15, 0.2) is 0 Å². The highest BCUT2D eigenvalue weighted by Gasteiger charge is 2.19. The van der Waals surface area contributed by atoms with Crippen LogP contribution in [0.5, 0.6) is 0 Å². The summed E-state index contributed by atoms with van der Waals surface area (Å²) in [4.78, 5) is 52.4. The summed E-state index contributed by atoms with van der Waals surface area (Å²) in [5.41, 5.74) is 9.31. The molecule has 0 radical (unpaired) electrons. The topological polar surface area (TPSA) is 191 Å². The fourth-order valence-electron chi connectivity index (χ4n) is 4.78. The largest absolute Gasteiger partial charge is 0.399 e. The Kier molecular flexibility index (Phi) is 7.94. The van der Waals surface area contributed by atoms with E-state index in [2.05, 4.69) is 30.6 Å². The van der Waals surface area contributed by atoms with Gasteiger partial charge in [-0.2, -0.15) is 0 Å². The highest BCUT2D eigenvalue weighted by atomic mass is 16.6. The van der Waals surface area contributed by atoms with Crippen molar-refractivity contribution in [2.24, 2.45) is 0 Å². The first-order valence-electron chi connectivity index (χ1n) is 13.3. The number of imidazole rings is 2. The van der Waals surface area contributed by atoms with Gasteiger partial charge in [0.1, 0.15) is 0 Å². The van der Waals surface area contributed by atoms with Gasteiger partial charge in [0.25, 0.3) is 5.69 Å². The van der Waals surface area contributed by atoms with Crippen LogP contribution < -0.4 is 16.4 Å². The predicted octanol–water partition coefficient (Wildman–Crippen LogP) is 2.68. The Labute approximate surface area is 229 Å². The van der Waals surface area contributed by atoms with Crippen molar-refractivity contribution in [3.05, 3.63) is 46.5 Å².